The fourth-order valence-electron chi connectivity index (χ4n) is 3.60. The first-order chi connectivity index (χ1) is 9.63. The van der Waals surface area contributed by atoms with Crippen LogP contribution in [0.4, 0.5) is 4.79 Å². The van der Waals surface area contributed by atoms with Crippen LogP contribution in [0.5, 0.6) is 0 Å². The van der Waals surface area contributed by atoms with Crippen molar-refractivity contribution in [3.05, 3.63) is 0 Å². The van der Waals surface area contributed by atoms with E-state index in [9.17, 15) is 14.4 Å². The minimum Gasteiger partial charge on any atom is -0.302 e. The molecule has 2 aliphatic heterocycles. The van der Waals surface area contributed by atoms with Gasteiger partial charge in [-0.25, -0.2) is 4.79 Å². The van der Waals surface area contributed by atoms with Crippen molar-refractivity contribution in [3.63, 3.8) is 0 Å². The Labute approximate surface area is 118 Å². The lowest BCUT2D eigenvalue weighted by Gasteiger charge is -2.37. The molecule has 2 saturated heterocycles. The highest BCUT2D eigenvalue weighted by molar-refractivity contribution is 6.19. The molecule has 1 saturated carbocycles. The first kappa shape index (κ1) is 13.5. The van der Waals surface area contributed by atoms with Crippen LogP contribution in [0.3, 0.4) is 0 Å². The van der Waals surface area contributed by atoms with Crippen LogP contribution in [-0.2, 0) is 9.59 Å². The molecule has 4 amide bonds. The smallest absolute Gasteiger partial charge is 0.302 e. The average molecular weight is 279 g/mol. The van der Waals surface area contributed by atoms with E-state index in [1.165, 1.54) is 17.7 Å². The van der Waals surface area contributed by atoms with Crippen molar-refractivity contribution in [3.8, 4) is 0 Å². The standard InChI is InChI=1S/C14H21N3O3/c18-11-14(5-1-2-6-14)12(19)17(13(20)15-11)10-9-16-7-3-4-8-16/h1-10H2,(H,15,18,20). The molecule has 0 bridgehead atoms. The Kier molecular flexibility index (Phi) is 3.50. The largest absolute Gasteiger partial charge is 0.330 e. The second-order valence-electron chi connectivity index (χ2n) is 6.05. The topological polar surface area (TPSA) is 69.7 Å². The predicted molar refractivity (Wildman–Crippen MR) is 71.8 cm³/mol. The summed E-state index contributed by atoms with van der Waals surface area (Å²) in [5, 5.41) is 2.38. The lowest BCUT2D eigenvalue weighted by atomic mass is 9.82. The van der Waals surface area contributed by atoms with E-state index in [0.29, 0.717) is 25.9 Å². The Hall–Kier alpha value is -1.43. The Morgan fingerprint density at radius 3 is 2.25 bits per heavy atom. The summed E-state index contributed by atoms with van der Waals surface area (Å²) in [6.45, 7) is 3.17. The van der Waals surface area contributed by atoms with Crippen LogP contribution in [-0.4, -0.2) is 53.8 Å². The van der Waals surface area contributed by atoms with Crippen molar-refractivity contribution in [1.29, 1.82) is 0 Å². The third-order valence-electron chi connectivity index (χ3n) is 4.85. The quantitative estimate of drug-likeness (QED) is 0.773. The van der Waals surface area contributed by atoms with Gasteiger partial charge in [-0.2, -0.15) is 0 Å². The highest BCUT2D eigenvalue weighted by Crippen LogP contribution is 2.41. The number of hydrogen-bond donors (Lipinski definition) is 1. The van der Waals surface area contributed by atoms with Gasteiger partial charge in [0.1, 0.15) is 5.41 Å². The van der Waals surface area contributed by atoms with Crippen LogP contribution in [0.25, 0.3) is 0 Å². The molecule has 3 rings (SSSR count). The van der Waals surface area contributed by atoms with Crippen LogP contribution in [0.15, 0.2) is 0 Å². The normalized spacial score (nSPS) is 26.6. The molecule has 0 aromatic carbocycles. The molecule has 20 heavy (non-hydrogen) atoms. The SMILES string of the molecule is O=C1NC(=O)C2(CCCC2)C(=O)N1CCN1CCCC1. The Bertz CT molecular complexity index is 437. The molecule has 0 unspecified atom stereocenters. The van der Waals surface area contributed by atoms with Gasteiger partial charge >= 0.3 is 6.03 Å². The highest BCUT2D eigenvalue weighted by atomic mass is 16.2. The summed E-state index contributed by atoms with van der Waals surface area (Å²) in [7, 11) is 0. The molecule has 1 N–H and O–H groups in total. The Morgan fingerprint density at radius 1 is 0.950 bits per heavy atom. The number of imide groups is 2. The maximum absolute atomic E-state index is 12.6. The average Bonchev–Trinajstić information content (AvgIpc) is 3.09. The second-order valence-corrected chi connectivity index (χ2v) is 6.05. The van der Waals surface area contributed by atoms with Gasteiger partial charge in [0.05, 0.1) is 0 Å². The Morgan fingerprint density at radius 2 is 1.60 bits per heavy atom. The fraction of sp³-hybridized carbons (Fsp3) is 0.786. The second kappa shape index (κ2) is 5.16. The molecule has 0 aromatic rings. The van der Waals surface area contributed by atoms with Crippen molar-refractivity contribution >= 4 is 17.8 Å². The third-order valence-corrected chi connectivity index (χ3v) is 4.85. The van der Waals surface area contributed by atoms with Gasteiger partial charge in [-0.05, 0) is 38.8 Å². The van der Waals surface area contributed by atoms with Crippen molar-refractivity contribution in [2.45, 2.75) is 38.5 Å². The molecule has 6 nitrogen and oxygen atoms in total. The minimum atomic E-state index is -0.959. The van der Waals surface area contributed by atoms with E-state index in [4.69, 9.17) is 0 Å². The number of amides is 4. The number of nitrogens with one attached hydrogen (secondary N) is 1. The maximum atomic E-state index is 12.6. The van der Waals surface area contributed by atoms with E-state index >= 15 is 0 Å². The lowest BCUT2D eigenvalue weighted by Crippen LogP contribution is -2.63. The maximum Gasteiger partial charge on any atom is 0.330 e. The number of urea groups is 1. The molecule has 1 aliphatic carbocycles. The number of hydrogen-bond acceptors (Lipinski definition) is 4. The van der Waals surface area contributed by atoms with Crippen molar-refractivity contribution in [2.24, 2.45) is 5.41 Å². The summed E-state index contributed by atoms with van der Waals surface area (Å²) < 4.78 is 0. The molecule has 3 aliphatic rings. The lowest BCUT2D eigenvalue weighted by molar-refractivity contribution is -0.151. The zero-order valence-corrected chi connectivity index (χ0v) is 11.7. The number of likely N-dealkylation sites (tertiary alicyclic amines) is 1. The van der Waals surface area contributed by atoms with Crippen molar-refractivity contribution < 1.29 is 14.4 Å². The summed E-state index contributed by atoms with van der Waals surface area (Å²) in [5.41, 5.74) is -0.959. The number of barbiturate groups is 1. The fourth-order valence-corrected chi connectivity index (χ4v) is 3.60. The first-order valence-corrected chi connectivity index (χ1v) is 7.53. The van der Waals surface area contributed by atoms with E-state index in [1.54, 1.807) is 0 Å². The van der Waals surface area contributed by atoms with Crippen LogP contribution in [0.1, 0.15) is 38.5 Å². The zero-order chi connectivity index (χ0) is 14.2. The number of carbonyl (C=O) groups excluding carboxylic acids is 3. The van der Waals surface area contributed by atoms with Crippen LogP contribution < -0.4 is 5.32 Å². The van der Waals surface area contributed by atoms with E-state index in [1.807, 2.05) is 0 Å². The summed E-state index contributed by atoms with van der Waals surface area (Å²) in [5.74, 6) is -0.662. The summed E-state index contributed by atoms with van der Waals surface area (Å²) in [6, 6.07) is -0.545. The van der Waals surface area contributed by atoms with E-state index in [0.717, 1.165) is 25.9 Å². The summed E-state index contributed by atoms with van der Waals surface area (Å²) >= 11 is 0. The van der Waals surface area contributed by atoms with Crippen LogP contribution in [0.2, 0.25) is 0 Å². The van der Waals surface area contributed by atoms with Gasteiger partial charge in [-0.1, -0.05) is 12.8 Å². The van der Waals surface area contributed by atoms with Gasteiger partial charge in [0.15, 0.2) is 0 Å². The number of rotatable bonds is 3. The van der Waals surface area contributed by atoms with Gasteiger partial charge in [-0.15, -0.1) is 0 Å². The molecule has 0 radical (unpaired) electrons. The van der Waals surface area contributed by atoms with Crippen molar-refractivity contribution in [2.75, 3.05) is 26.2 Å². The molecule has 3 fully saturated rings. The van der Waals surface area contributed by atoms with Gasteiger partial charge in [-0.3, -0.25) is 19.8 Å². The van der Waals surface area contributed by atoms with E-state index < -0.39 is 11.4 Å². The zero-order valence-electron chi connectivity index (χ0n) is 11.7. The highest BCUT2D eigenvalue weighted by Gasteiger charge is 2.54. The van der Waals surface area contributed by atoms with Gasteiger partial charge in [0.25, 0.3) is 0 Å². The predicted octanol–water partition coefficient (Wildman–Crippen LogP) is 0.721. The molecule has 2 heterocycles. The van der Waals surface area contributed by atoms with Gasteiger partial charge in [0.2, 0.25) is 11.8 Å². The first-order valence-electron chi connectivity index (χ1n) is 7.53. The molecule has 6 heteroatoms. The van der Waals surface area contributed by atoms with E-state index in [2.05, 4.69) is 10.2 Å². The Balaban J connectivity index is 1.70. The van der Waals surface area contributed by atoms with Crippen LogP contribution in [0, 0.1) is 5.41 Å². The molecule has 0 aromatic heterocycles. The van der Waals surface area contributed by atoms with E-state index in [-0.39, 0.29) is 11.8 Å². The summed E-state index contributed by atoms with van der Waals surface area (Å²) in [6.07, 6.45) is 5.28. The van der Waals surface area contributed by atoms with Gasteiger partial charge < -0.3 is 4.90 Å². The number of nitrogens with zero attached hydrogens (tertiary/aromatic N) is 2. The minimum absolute atomic E-state index is 0.275. The van der Waals surface area contributed by atoms with Crippen LogP contribution >= 0.6 is 0 Å². The molecule has 0 atom stereocenters. The molecular weight excluding hydrogens is 258 g/mol. The number of carbonyl (C=O) groups is 3. The van der Waals surface area contributed by atoms with Crippen molar-refractivity contribution in [1.82, 2.24) is 15.1 Å². The molecule has 1 spiro atoms. The van der Waals surface area contributed by atoms with Gasteiger partial charge in [0, 0.05) is 13.1 Å². The third kappa shape index (κ3) is 2.12. The monoisotopic (exact) mass is 279 g/mol. The summed E-state index contributed by atoms with van der Waals surface area (Å²) in [4.78, 5) is 40.1. The molecular formula is C14H21N3O3. The molecule has 110 valence electrons.